The number of aromatic amines is 1. The lowest BCUT2D eigenvalue weighted by Crippen LogP contribution is -1.81. The average Bonchev–Trinajstić information content (AvgIpc) is 3.00. The van der Waals surface area contributed by atoms with E-state index in [2.05, 4.69) is 10.2 Å². The first kappa shape index (κ1) is 13.1. The Morgan fingerprint density at radius 3 is 2.29 bits per heavy atom. The molecule has 0 spiro atoms. The Kier molecular flexibility index (Phi) is 3.51. The number of hydrogen-bond donors (Lipinski definition) is 1. The SMILES string of the molecule is COc1ccc(-c2cc(-c3ccccc3)[nH]c2N=O)cc1. The number of nitrogens with zero attached hydrogens (tertiary/aromatic N) is 1. The number of H-pyrrole nitrogens is 1. The van der Waals surface area contributed by atoms with Gasteiger partial charge in [-0.3, -0.25) is 0 Å². The highest BCUT2D eigenvalue weighted by molar-refractivity contribution is 5.80. The molecule has 0 fully saturated rings. The smallest absolute Gasteiger partial charge is 0.183 e. The van der Waals surface area contributed by atoms with Gasteiger partial charge in [0.1, 0.15) is 5.75 Å². The molecule has 4 nitrogen and oxygen atoms in total. The van der Waals surface area contributed by atoms with Gasteiger partial charge in [-0.15, -0.1) is 4.91 Å². The lowest BCUT2D eigenvalue weighted by molar-refractivity contribution is 0.415. The van der Waals surface area contributed by atoms with E-state index in [-0.39, 0.29) is 0 Å². The minimum absolute atomic E-state index is 0.332. The number of methoxy groups -OCH3 is 1. The molecule has 0 atom stereocenters. The molecule has 3 rings (SSSR count). The molecule has 1 N–H and O–H groups in total. The minimum atomic E-state index is 0.332. The first-order chi connectivity index (χ1) is 10.3. The van der Waals surface area contributed by atoms with E-state index in [9.17, 15) is 4.91 Å². The van der Waals surface area contributed by atoms with Crippen molar-refractivity contribution in [3.63, 3.8) is 0 Å². The zero-order valence-electron chi connectivity index (χ0n) is 11.5. The summed E-state index contributed by atoms with van der Waals surface area (Å²) in [5.41, 5.74) is 3.59. The second-order valence-corrected chi connectivity index (χ2v) is 4.63. The van der Waals surface area contributed by atoms with Gasteiger partial charge in [-0.05, 0) is 34.5 Å². The zero-order chi connectivity index (χ0) is 14.7. The van der Waals surface area contributed by atoms with E-state index < -0.39 is 0 Å². The Bertz CT molecular complexity index is 746. The lowest BCUT2D eigenvalue weighted by Gasteiger charge is -2.01. The third kappa shape index (κ3) is 2.56. The van der Waals surface area contributed by atoms with Crippen molar-refractivity contribution in [1.29, 1.82) is 0 Å². The van der Waals surface area contributed by atoms with Gasteiger partial charge >= 0.3 is 0 Å². The van der Waals surface area contributed by atoms with Crippen LogP contribution in [0.1, 0.15) is 0 Å². The number of nitroso groups, excluding NO2 is 1. The summed E-state index contributed by atoms with van der Waals surface area (Å²) >= 11 is 0. The summed E-state index contributed by atoms with van der Waals surface area (Å²) in [6.45, 7) is 0. The van der Waals surface area contributed by atoms with Crippen molar-refractivity contribution in [3.8, 4) is 28.1 Å². The van der Waals surface area contributed by atoms with Crippen LogP contribution in [-0.4, -0.2) is 12.1 Å². The summed E-state index contributed by atoms with van der Waals surface area (Å²) in [5, 5.41) is 3.10. The maximum Gasteiger partial charge on any atom is 0.183 e. The highest BCUT2D eigenvalue weighted by Gasteiger charge is 2.12. The molecular formula is C17H14N2O2. The summed E-state index contributed by atoms with van der Waals surface area (Å²) in [5.74, 6) is 1.11. The van der Waals surface area contributed by atoms with Crippen LogP contribution in [0.5, 0.6) is 5.75 Å². The number of ether oxygens (including phenoxy) is 1. The number of nitrogens with one attached hydrogen (secondary N) is 1. The zero-order valence-corrected chi connectivity index (χ0v) is 11.5. The van der Waals surface area contributed by atoms with Crippen LogP contribution in [-0.2, 0) is 0 Å². The molecule has 0 aliphatic rings. The van der Waals surface area contributed by atoms with Crippen LogP contribution in [0, 0.1) is 4.91 Å². The van der Waals surface area contributed by atoms with Crippen molar-refractivity contribution in [2.45, 2.75) is 0 Å². The standard InChI is InChI=1S/C17H14N2O2/c1-21-14-9-7-12(8-10-14)15-11-16(18-17(15)19-20)13-5-3-2-4-6-13/h2-11,18H,1H3. The van der Waals surface area contributed by atoms with Gasteiger partial charge in [0.05, 0.1) is 7.11 Å². The number of benzene rings is 2. The number of aromatic nitrogens is 1. The predicted octanol–water partition coefficient (Wildman–Crippen LogP) is 4.76. The van der Waals surface area contributed by atoms with E-state index in [4.69, 9.17) is 4.74 Å². The second kappa shape index (κ2) is 5.63. The molecular weight excluding hydrogens is 264 g/mol. The Hall–Kier alpha value is -2.88. The Morgan fingerprint density at radius 1 is 0.952 bits per heavy atom. The van der Waals surface area contributed by atoms with Crippen LogP contribution >= 0.6 is 0 Å². The van der Waals surface area contributed by atoms with Crippen LogP contribution in [0.3, 0.4) is 0 Å². The van der Waals surface area contributed by atoms with Crippen LogP contribution < -0.4 is 4.74 Å². The molecule has 21 heavy (non-hydrogen) atoms. The topological polar surface area (TPSA) is 54.4 Å². The summed E-state index contributed by atoms with van der Waals surface area (Å²) in [6, 6.07) is 19.3. The summed E-state index contributed by atoms with van der Waals surface area (Å²) in [7, 11) is 1.62. The summed E-state index contributed by atoms with van der Waals surface area (Å²) in [4.78, 5) is 14.1. The summed E-state index contributed by atoms with van der Waals surface area (Å²) < 4.78 is 5.14. The van der Waals surface area contributed by atoms with E-state index in [1.807, 2.05) is 60.7 Å². The van der Waals surface area contributed by atoms with Gasteiger partial charge in [0, 0.05) is 11.3 Å². The normalized spacial score (nSPS) is 10.3. The van der Waals surface area contributed by atoms with Gasteiger partial charge < -0.3 is 9.72 Å². The van der Waals surface area contributed by atoms with E-state index in [1.54, 1.807) is 7.11 Å². The lowest BCUT2D eigenvalue weighted by atomic mass is 10.1. The monoisotopic (exact) mass is 278 g/mol. The quantitative estimate of drug-likeness (QED) is 0.700. The molecule has 0 radical (unpaired) electrons. The minimum Gasteiger partial charge on any atom is -0.497 e. The molecule has 4 heteroatoms. The van der Waals surface area contributed by atoms with E-state index in [1.165, 1.54) is 0 Å². The van der Waals surface area contributed by atoms with Gasteiger partial charge in [0.15, 0.2) is 5.82 Å². The molecule has 104 valence electrons. The fourth-order valence-corrected chi connectivity index (χ4v) is 2.28. The fraction of sp³-hybridized carbons (Fsp3) is 0.0588. The molecule has 3 aromatic rings. The maximum atomic E-state index is 11.1. The first-order valence-electron chi connectivity index (χ1n) is 6.58. The van der Waals surface area contributed by atoms with Crippen molar-refractivity contribution >= 4 is 5.82 Å². The van der Waals surface area contributed by atoms with Crippen molar-refractivity contribution in [1.82, 2.24) is 4.98 Å². The van der Waals surface area contributed by atoms with Crippen LogP contribution in [0.4, 0.5) is 5.82 Å². The molecule has 2 aromatic carbocycles. The van der Waals surface area contributed by atoms with Gasteiger partial charge in [-0.25, -0.2) is 0 Å². The third-order valence-electron chi connectivity index (χ3n) is 3.37. The molecule has 0 saturated heterocycles. The van der Waals surface area contributed by atoms with Crippen LogP contribution in [0.2, 0.25) is 0 Å². The van der Waals surface area contributed by atoms with Crippen molar-refractivity contribution in [3.05, 3.63) is 65.6 Å². The molecule has 0 aliphatic heterocycles. The molecule has 0 amide bonds. The van der Waals surface area contributed by atoms with Gasteiger partial charge in [0.25, 0.3) is 0 Å². The average molecular weight is 278 g/mol. The summed E-state index contributed by atoms with van der Waals surface area (Å²) in [6.07, 6.45) is 0. The highest BCUT2D eigenvalue weighted by Crippen LogP contribution is 2.35. The van der Waals surface area contributed by atoms with E-state index in [0.29, 0.717) is 5.82 Å². The predicted molar refractivity (Wildman–Crippen MR) is 83.7 cm³/mol. The molecule has 1 aromatic heterocycles. The fourth-order valence-electron chi connectivity index (χ4n) is 2.28. The number of rotatable bonds is 4. The van der Waals surface area contributed by atoms with Gasteiger partial charge in [-0.1, -0.05) is 42.5 Å². The largest absolute Gasteiger partial charge is 0.497 e. The van der Waals surface area contributed by atoms with E-state index >= 15 is 0 Å². The maximum absolute atomic E-state index is 11.1. The highest BCUT2D eigenvalue weighted by atomic mass is 16.5. The van der Waals surface area contributed by atoms with Crippen molar-refractivity contribution in [2.75, 3.05) is 7.11 Å². The number of hydrogen-bond acceptors (Lipinski definition) is 3. The first-order valence-corrected chi connectivity index (χ1v) is 6.58. The molecule has 0 saturated carbocycles. The Morgan fingerprint density at radius 2 is 1.67 bits per heavy atom. The van der Waals surface area contributed by atoms with Crippen LogP contribution in [0.15, 0.2) is 65.8 Å². The van der Waals surface area contributed by atoms with Crippen molar-refractivity contribution < 1.29 is 4.74 Å². The molecule has 0 aliphatic carbocycles. The van der Waals surface area contributed by atoms with E-state index in [0.717, 1.165) is 28.1 Å². The van der Waals surface area contributed by atoms with Crippen LogP contribution in [0.25, 0.3) is 22.4 Å². The molecule has 0 unspecified atom stereocenters. The third-order valence-corrected chi connectivity index (χ3v) is 3.37. The Labute approximate surface area is 122 Å². The van der Waals surface area contributed by atoms with Gasteiger partial charge in [-0.2, -0.15) is 0 Å². The molecule has 1 heterocycles. The van der Waals surface area contributed by atoms with Gasteiger partial charge in [0.2, 0.25) is 0 Å². The van der Waals surface area contributed by atoms with Crippen molar-refractivity contribution in [2.24, 2.45) is 5.18 Å². The molecule has 0 bridgehead atoms. The second-order valence-electron chi connectivity index (χ2n) is 4.63. The Balaban J connectivity index is 2.05.